The number of nitrogens with zero attached hydrogens (tertiary/aromatic N) is 7. The Hall–Kier alpha value is -4.06. The average Bonchev–Trinajstić information content (AvgIpc) is 3.87. The number of pyridine rings is 1. The average molecular weight is 817 g/mol. The molecule has 0 unspecified atom stereocenters. The lowest BCUT2D eigenvalue weighted by molar-refractivity contribution is 0.00566. The fraction of sp³-hybridized carbons (Fsp3) is 0.595. The molecule has 15 heteroatoms. The quantitative estimate of drug-likeness (QED) is 0.0476. The number of nitrogens with one attached hydrogen (secondary N) is 1. The van der Waals surface area contributed by atoms with E-state index in [1.807, 2.05) is 61.6 Å². The highest BCUT2D eigenvalue weighted by atomic mass is 28.3. The van der Waals surface area contributed by atoms with Crippen LogP contribution in [0.3, 0.4) is 0 Å². The first-order valence-corrected chi connectivity index (χ1v) is 28.0. The van der Waals surface area contributed by atoms with E-state index in [2.05, 4.69) is 60.7 Å². The van der Waals surface area contributed by atoms with E-state index in [1.165, 1.54) is 0 Å². The third-order valence-corrected chi connectivity index (χ3v) is 14.0. The van der Waals surface area contributed by atoms with E-state index in [0.717, 1.165) is 71.7 Å². The molecule has 57 heavy (non-hydrogen) atoms. The van der Waals surface area contributed by atoms with Gasteiger partial charge in [0.15, 0.2) is 11.5 Å². The zero-order valence-electron chi connectivity index (χ0n) is 35.9. The van der Waals surface area contributed by atoms with Gasteiger partial charge in [-0.05, 0) is 71.5 Å². The molecule has 3 atom stereocenters. The number of carbonyl (C=O) groups excluding carboxylic acids is 1. The molecule has 2 saturated heterocycles. The predicted molar refractivity (Wildman–Crippen MR) is 232 cm³/mol. The Morgan fingerprint density at radius 3 is 2.14 bits per heavy atom. The Kier molecular flexibility index (Phi) is 13.0. The van der Waals surface area contributed by atoms with Gasteiger partial charge in [-0.3, -0.25) is 4.98 Å². The molecule has 2 aliphatic rings. The van der Waals surface area contributed by atoms with Crippen molar-refractivity contribution in [2.24, 2.45) is 0 Å². The molecular weight excluding hydrogens is 753 g/mol. The molecule has 0 saturated carbocycles. The van der Waals surface area contributed by atoms with Gasteiger partial charge in [-0.1, -0.05) is 51.9 Å². The van der Waals surface area contributed by atoms with Crippen molar-refractivity contribution in [1.82, 2.24) is 34.4 Å². The third-order valence-electron chi connectivity index (χ3n) is 10.6. The summed E-state index contributed by atoms with van der Waals surface area (Å²) in [5.41, 5.74) is 4.27. The summed E-state index contributed by atoms with van der Waals surface area (Å²) in [4.78, 5) is 35.4. The maximum absolute atomic E-state index is 13.5. The van der Waals surface area contributed by atoms with E-state index in [-0.39, 0.29) is 24.1 Å². The minimum atomic E-state index is -1.35. The van der Waals surface area contributed by atoms with Gasteiger partial charge in [0, 0.05) is 77.1 Å². The minimum Gasteiger partial charge on any atom is -0.494 e. The van der Waals surface area contributed by atoms with Gasteiger partial charge in [-0.2, -0.15) is 9.61 Å². The number of fused-ring (bicyclic) bond motifs is 3. The number of amides is 1. The molecule has 310 valence electrons. The summed E-state index contributed by atoms with van der Waals surface area (Å²) < 4.78 is 27.1. The number of H-pyrrole nitrogens is 1. The van der Waals surface area contributed by atoms with Gasteiger partial charge in [-0.25, -0.2) is 14.8 Å². The zero-order valence-corrected chi connectivity index (χ0v) is 37.9. The normalized spacial score (nSPS) is 18.6. The molecule has 4 aromatic rings. The first-order chi connectivity index (χ1) is 26.9. The van der Waals surface area contributed by atoms with Crippen LogP contribution in [-0.2, 0) is 18.9 Å². The minimum absolute atomic E-state index is 0.0156. The molecule has 4 aromatic heterocycles. The number of anilines is 1. The molecule has 0 aliphatic carbocycles. The molecular formula is C42H64N8O5Si2. The molecule has 13 nitrogen and oxygen atoms in total. The Labute approximate surface area is 340 Å². The summed E-state index contributed by atoms with van der Waals surface area (Å²) in [6, 6.07) is 6.14. The Morgan fingerprint density at radius 2 is 1.61 bits per heavy atom. The van der Waals surface area contributed by atoms with E-state index in [9.17, 15) is 4.79 Å². The smallest absolute Gasteiger partial charge is 0.410 e. The van der Waals surface area contributed by atoms with E-state index in [1.54, 1.807) is 12.4 Å². The van der Waals surface area contributed by atoms with E-state index in [4.69, 9.17) is 34.0 Å². The summed E-state index contributed by atoms with van der Waals surface area (Å²) in [6.45, 7) is 28.7. The summed E-state index contributed by atoms with van der Waals surface area (Å²) in [5, 5.41) is 5.03. The van der Waals surface area contributed by atoms with Crippen LogP contribution in [0.15, 0.2) is 43.5 Å². The van der Waals surface area contributed by atoms with Gasteiger partial charge in [0.2, 0.25) is 0 Å². The highest BCUT2D eigenvalue weighted by molar-refractivity contribution is 6.76. The first-order valence-electron chi connectivity index (χ1n) is 20.5. The van der Waals surface area contributed by atoms with Gasteiger partial charge in [0.1, 0.15) is 36.3 Å². The number of hydrogen-bond acceptors (Lipinski definition) is 10. The van der Waals surface area contributed by atoms with Crippen molar-refractivity contribution in [2.45, 2.75) is 128 Å². The standard InChI is InChI=1S/C42H64N8O5Si2/c1-12-54-29(2)36-37(31-23-32-14-15-33(24-31)49(32)41(51)55-42(3,4)5)47-39-34(30-13-16-35(45-25-30)38-43-17-18-44-38)26-46-50(39)40(36)48(27-52-19-21-56(6,7)8)28-53-20-22-57(9,10)11/h13,16-18,25-26,31-33H,2,12,14-15,19-24,27-28H2,1,3-11H3,(H,43,44)/t31-,32+,33-. The number of rotatable bonds is 17. The van der Waals surface area contributed by atoms with Gasteiger partial charge in [0.25, 0.3) is 0 Å². The van der Waals surface area contributed by atoms with Crippen LogP contribution in [0.5, 0.6) is 0 Å². The number of ether oxygens (including phenoxy) is 4. The monoisotopic (exact) mass is 816 g/mol. The Balaban J connectivity index is 1.48. The van der Waals surface area contributed by atoms with Gasteiger partial charge >= 0.3 is 6.09 Å². The van der Waals surface area contributed by atoms with Crippen LogP contribution < -0.4 is 4.90 Å². The number of imidazole rings is 1. The SMILES string of the molecule is C=C(OCC)c1c([C@H]2C[C@H]3CC[C@@H](C2)N3C(=O)OC(C)(C)C)nc2c(-c3ccc(-c4ncc[nH]4)nc3)cnn2c1N(COCC[Si](C)(C)C)COCC[Si](C)(C)C. The molecule has 2 fully saturated rings. The number of hydrogen-bond donors (Lipinski definition) is 1. The Morgan fingerprint density at radius 1 is 0.965 bits per heavy atom. The summed E-state index contributed by atoms with van der Waals surface area (Å²) in [6.07, 6.45) is 10.3. The third kappa shape index (κ3) is 10.5. The second-order valence-corrected chi connectivity index (χ2v) is 30.1. The number of aromatic nitrogens is 6. The van der Waals surface area contributed by atoms with Crippen LogP contribution >= 0.6 is 0 Å². The number of piperidine rings is 1. The van der Waals surface area contributed by atoms with E-state index < -0.39 is 21.7 Å². The predicted octanol–water partition coefficient (Wildman–Crippen LogP) is 9.27. The van der Waals surface area contributed by atoms with Crippen LogP contribution in [-0.4, -0.2) is 108 Å². The van der Waals surface area contributed by atoms with E-state index >= 15 is 0 Å². The van der Waals surface area contributed by atoms with Crippen LogP contribution in [0.1, 0.15) is 70.6 Å². The van der Waals surface area contributed by atoms with Gasteiger partial charge in [0.05, 0.1) is 24.1 Å². The number of carbonyl (C=O) groups is 1. The van der Waals surface area contributed by atoms with Crippen LogP contribution in [0.4, 0.5) is 10.6 Å². The maximum Gasteiger partial charge on any atom is 0.410 e. The van der Waals surface area contributed by atoms with Crippen LogP contribution in [0.25, 0.3) is 34.1 Å². The Bertz CT molecular complexity index is 1950. The highest BCUT2D eigenvalue weighted by Gasteiger charge is 2.46. The lowest BCUT2D eigenvalue weighted by Gasteiger charge is -2.40. The lowest BCUT2D eigenvalue weighted by atomic mass is 9.85. The second-order valence-electron chi connectivity index (χ2n) is 18.9. The van der Waals surface area contributed by atoms with Gasteiger partial charge in [-0.15, -0.1) is 0 Å². The summed E-state index contributed by atoms with van der Waals surface area (Å²) >= 11 is 0. The molecule has 0 aromatic carbocycles. The largest absolute Gasteiger partial charge is 0.494 e. The van der Waals surface area contributed by atoms with Crippen molar-refractivity contribution < 1.29 is 23.7 Å². The van der Waals surface area contributed by atoms with Crippen molar-refractivity contribution in [3.05, 3.63) is 54.8 Å². The first kappa shape index (κ1) is 42.5. The van der Waals surface area contributed by atoms with Crippen molar-refractivity contribution in [1.29, 1.82) is 0 Å². The zero-order chi connectivity index (χ0) is 41.1. The van der Waals surface area contributed by atoms with E-state index in [0.29, 0.717) is 50.5 Å². The van der Waals surface area contributed by atoms with Gasteiger partial charge < -0.3 is 33.7 Å². The molecule has 2 bridgehead atoms. The fourth-order valence-electron chi connectivity index (χ4n) is 7.68. The molecule has 0 spiro atoms. The van der Waals surface area contributed by atoms with Crippen molar-refractivity contribution in [3.8, 4) is 22.6 Å². The molecule has 1 N–H and O–H groups in total. The molecule has 0 radical (unpaired) electrons. The lowest BCUT2D eigenvalue weighted by Crippen LogP contribution is -2.48. The van der Waals surface area contributed by atoms with Crippen molar-refractivity contribution in [3.63, 3.8) is 0 Å². The molecule has 1 amide bonds. The summed E-state index contributed by atoms with van der Waals surface area (Å²) in [5.74, 6) is 2.01. The molecule has 6 heterocycles. The van der Waals surface area contributed by atoms with Crippen molar-refractivity contribution in [2.75, 3.05) is 38.2 Å². The maximum atomic E-state index is 13.5. The fourth-order valence-corrected chi connectivity index (χ4v) is 9.19. The molecule has 2 aliphatic heterocycles. The van der Waals surface area contributed by atoms with Crippen LogP contribution in [0, 0.1) is 0 Å². The molecule has 6 rings (SSSR count). The van der Waals surface area contributed by atoms with Crippen molar-refractivity contribution >= 4 is 39.5 Å². The summed E-state index contributed by atoms with van der Waals surface area (Å²) in [7, 11) is -2.69. The van der Waals surface area contributed by atoms with Crippen LogP contribution in [0.2, 0.25) is 51.4 Å². The highest BCUT2D eigenvalue weighted by Crippen LogP contribution is 2.47. The second kappa shape index (κ2) is 17.4. The topological polar surface area (TPSA) is 132 Å². The number of aromatic amines is 1.